The number of hydrogen-bond donors (Lipinski definition) is 2. The predicted molar refractivity (Wildman–Crippen MR) is 133 cm³/mol. The summed E-state index contributed by atoms with van der Waals surface area (Å²) in [6, 6.07) is 15.6. The van der Waals surface area contributed by atoms with Crippen LogP contribution in [0.1, 0.15) is 37.8 Å². The van der Waals surface area contributed by atoms with Gasteiger partial charge in [0.05, 0.1) is 13.7 Å². The molecular formula is C23H34IN5O. The molecule has 1 aromatic carbocycles. The second-order valence-electron chi connectivity index (χ2n) is 7.57. The van der Waals surface area contributed by atoms with E-state index in [0.717, 1.165) is 44.0 Å². The third kappa shape index (κ3) is 7.43. The third-order valence-electron chi connectivity index (χ3n) is 5.36. The molecule has 6 nitrogen and oxygen atoms in total. The minimum absolute atomic E-state index is 0. The Morgan fingerprint density at radius 2 is 2.03 bits per heavy atom. The lowest BCUT2D eigenvalue weighted by Crippen LogP contribution is -2.51. The van der Waals surface area contributed by atoms with Crippen LogP contribution in [0.4, 0.5) is 0 Å². The average Bonchev–Trinajstić information content (AvgIpc) is 2.75. The Morgan fingerprint density at radius 1 is 1.23 bits per heavy atom. The van der Waals surface area contributed by atoms with E-state index in [9.17, 15) is 0 Å². The van der Waals surface area contributed by atoms with Gasteiger partial charge in [-0.25, -0.2) is 9.98 Å². The summed E-state index contributed by atoms with van der Waals surface area (Å²) in [5.41, 5.74) is 2.47. The van der Waals surface area contributed by atoms with Crippen LogP contribution < -0.4 is 15.4 Å². The standard InChI is InChI=1S/C23H33N5O.HI/c1-4-24-23(26-16-20-10-12-25-22(15-20)29-3)27-21-11-13-28(18(2)14-21)17-19-8-6-5-7-9-19;/h5-10,12,15,18,21H,4,11,13-14,16-17H2,1-3H3,(H2,24,26,27);1H. The molecule has 2 N–H and O–H groups in total. The van der Waals surface area contributed by atoms with Crippen LogP contribution in [0.15, 0.2) is 53.7 Å². The third-order valence-corrected chi connectivity index (χ3v) is 5.36. The van der Waals surface area contributed by atoms with Gasteiger partial charge in [0, 0.05) is 44.0 Å². The van der Waals surface area contributed by atoms with Crippen LogP contribution in [0.3, 0.4) is 0 Å². The zero-order valence-electron chi connectivity index (χ0n) is 18.2. The van der Waals surface area contributed by atoms with Gasteiger partial charge >= 0.3 is 0 Å². The maximum atomic E-state index is 5.20. The number of ether oxygens (including phenoxy) is 1. The number of guanidine groups is 1. The molecule has 1 aliphatic rings. The molecule has 0 bridgehead atoms. The molecule has 1 aliphatic heterocycles. The first kappa shape index (κ1) is 24.4. The normalized spacial score (nSPS) is 19.6. The maximum absolute atomic E-state index is 5.20. The molecule has 1 saturated heterocycles. The van der Waals surface area contributed by atoms with Crippen molar-refractivity contribution < 1.29 is 4.74 Å². The van der Waals surface area contributed by atoms with Gasteiger partial charge in [0.1, 0.15) is 0 Å². The van der Waals surface area contributed by atoms with Crippen molar-refractivity contribution in [2.75, 3.05) is 20.2 Å². The van der Waals surface area contributed by atoms with Gasteiger partial charge in [0.2, 0.25) is 5.88 Å². The number of aliphatic imine (C=N–C) groups is 1. The van der Waals surface area contributed by atoms with E-state index in [4.69, 9.17) is 9.73 Å². The number of likely N-dealkylation sites (tertiary alicyclic amines) is 1. The van der Waals surface area contributed by atoms with Crippen LogP contribution >= 0.6 is 24.0 Å². The molecular weight excluding hydrogens is 489 g/mol. The SMILES string of the molecule is CCNC(=NCc1ccnc(OC)c1)NC1CCN(Cc2ccccc2)C(C)C1.I. The first-order valence-corrected chi connectivity index (χ1v) is 10.5. The lowest BCUT2D eigenvalue weighted by atomic mass is 9.97. The Labute approximate surface area is 197 Å². The summed E-state index contributed by atoms with van der Waals surface area (Å²) in [6.45, 7) is 7.97. The van der Waals surface area contributed by atoms with Gasteiger partial charge in [-0.3, -0.25) is 4.90 Å². The number of benzene rings is 1. The summed E-state index contributed by atoms with van der Waals surface area (Å²) in [7, 11) is 1.63. The van der Waals surface area contributed by atoms with E-state index >= 15 is 0 Å². The number of piperidine rings is 1. The number of hydrogen-bond acceptors (Lipinski definition) is 4. The van der Waals surface area contributed by atoms with Gasteiger partial charge in [-0.2, -0.15) is 0 Å². The number of nitrogens with one attached hydrogen (secondary N) is 2. The van der Waals surface area contributed by atoms with Gasteiger partial charge in [0.15, 0.2) is 5.96 Å². The number of aromatic nitrogens is 1. The van der Waals surface area contributed by atoms with E-state index in [1.54, 1.807) is 13.3 Å². The molecule has 164 valence electrons. The van der Waals surface area contributed by atoms with Crippen molar-refractivity contribution in [3.63, 3.8) is 0 Å². The van der Waals surface area contributed by atoms with E-state index in [1.165, 1.54) is 5.56 Å². The number of halogens is 1. The summed E-state index contributed by atoms with van der Waals surface area (Å²) >= 11 is 0. The molecule has 3 rings (SSSR count). The zero-order valence-corrected chi connectivity index (χ0v) is 20.5. The monoisotopic (exact) mass is 523 g/mol. The number of pyridine rings is 1. The highest BCUT2D eigenvalue weighted by atomic mass is 127. The molecule has 0 amide bonds. The van der Waals surface area contributed by atoms with Crippen LogP contribution in [0.25, 0.3) is 0 Å². The fourth-order valence-corrected chi connectivity index (χ4v) is 3.75. The Bertz CT molecular complexity index is 786. The van der Waals surface area contributed by atoms with E-state index in [0.29, 0.717) is 24.5 Å². The van der Waals surface area contributed by atoms with Crippen molar-refractivity contribution in [1.82, 2.24) is 20.5 Å². The predicted octanol–water partition coefficient (Wildman–Crippen LogP) is 3.82. The van der Waals surface area contributed by atoms with Gasteiger partial charge in [-0.05, 0) is 43.9 Å². The van der Waals surface area contributed by atoms with Gasteiger partial charge in [0.25, 0.3) is 0 Å². The fourth-order valence-electron chi connectivity index (χ4n) is 3.75. The summed E-state index contributed by atoms with van der Waals surface area (Å²) < 4.78 is 5.20. The molecule has 0 radical (unpaired) electrons. The first-order chi connectivity index (χ1) is 14.2. The van der Waals surface area contributed by atoms with Crippen LogP contribution in [-0.2, 0) is 13.1 Å². The highest BCUT2D eigenvalue weighted by molar-refractivity contribution is 14.0. The smallest absolute Gasteiger partial charge is 0.213 e. The first-order valence-electron chi connectivity index (χ1n) is 10.5. The quantitative estimate of drug-likeness (QED) is 0.329. The molecule has 2 atom stereocenters. The molecule has 0 aliphatic carbocycles. The molecule has 1 aromatic heterocycles. The highest BCUT2D eigenvalue weighted by Gasteiger charge is 2.25. The van der Waals surface area contributed by atoms with E-state index in [1.807, 2.05) is 12.1 Å². The Hall–Kier alpha value is -1.87. The Kier molecular flexibility index (Phi) is 10.4. The van der Waals surface area contributed by atoms with Gasteiger partial charge in [-0.1, -0.05) is 30.3 Å². The number of methoxy groups -OCH3 is 1. The number of nitrogens with zero attached hydrogens (tertiary/aromatic N) is 3. The van der Waals surface area contributed by atoms with Crippen molar-refractivity contribution in [3.05, 3.63) is 59.8 Å². The Morgan fingerprint density at radius 3 is 2.73 bits per heavy atom. The van der Waals surface area contributed by atoms with Crippen LogP contribution in [0.5, 0.6) is 5.88 Å². The van der Waals surface area contributed by atoms with Crippen molar-refractivity contribution in [1.29, 1.82) is 0 Å². The van der Waals surface area contributed by atoms with E-state index < -0.39 is 0 Å². The van der Waals surface area contributed by atoms with E-state index in [-0.39, 0.29) is 24.0 Å². The molecule has 0 spiro atoms. The summed E-state index contributed by atoms with van der Waals surface area (Å²) in [5.74, 6) is 1.49. The minimum atomic E-state index is 0. The fraction of sp³-hybridized carbons (Fsp3) is 0.478. The van der Waals surface area contributed by atoms with Gasteiger partial charge < -0.3 is 15.4 Å². The molecule has 2 unspecified atom stereocenters. The zero-order chi connectivity index (χ0) is 20.5. The summed E-state index contributed by atoms with van der Waals surface area (Å²) in [4.78, 5) is 11.5. The minimum Gasteiger partial charge on any atom is -0.481 e. The lowest BCUT2D eigenvalue weighted by molar-refractivity contribution is 0.134. The van der Waals surface area contributed by atoms with E-state index in [2.05, 4.69) is 64.7 Å². The van der Waals surface area contributed by atoms with Crippen molar-refractivity contribution in [2.24, 2.45) is 4.99 Å². The summed E-state index contributed by atoms with van der Waals surface area (Å²) in [6.07, 6.45) is 3.99. The molecule has 1 fully saturated rings. The Balaban J connectivity index is 0.00000320. The molecule has 30 heavy (non-hydrogen) atoms. The largest absolute Gasteiger partial charge is 0.481 e. The molecule has 7 heteroatoms. The highest BCUT2D eigenvalue weighted by Crippen LogP contribution is 2.20. The lowest BCUT2D eigenvalue weighted by Gasteiger charge is -2.38. The van der Waals surface area contributed by atoms with Gasteiger partial charge in [-0.15, -0.1) is 24.0 Å². The van der Waals surface area contributed by atoms with Crippen LogP contribution in [-0.4, -0.2) is 48.1 Å². The second-order valence-corrected chi connectivity index (χ2v) is 7.57. The van der Waals surface area contributed by atoms with Crippen molar-refractivity contribution >= 4 is 29.9 Å². The average molecular weight is 523 g/mol. The summed E-state index contributed by atoms with van der Waals surface area (Å²) in [5, 5.41) is 7.01. The molecule has 2 aromatic rings. The van der Waals surface area contributed by atoms with Crippen molar-refractivity contribution in [3.8, 4) is 5.88 Å². The maximum Gasteiger partial charge on any atom is 0.213 e. The number of rotatable bonds is 7. The van der Waals surface area contributed by atoms with Crippen LogP contribution in [0, 0.1) is 0 Å². The van der Waals surface area contributed by atoms with Crippen LogP contribution in [0.2, 0.25) is 0 Å². The molecule has 0 saturated carbocycles. The topological polar surface area (TPSA) is 61.8 Å². The van der Waals surface area contributed by atoms with Crippen molar-refractivity contribution in [2.45, 2.75) is 51.9 Å². The molecule has 2 heterocycles. The second kappa shape index (κ2) is 12.7.